The van der Waals surface area contributed by atoms with E-state index >= 15 is 0 Å². The van der Waals surface area contributed by atoms with Crippen LogP contribution in [0.15, 0.2) is 23.5 Å². The van der Waals surface area contributed by atoms with Gasteiger partial charge in [-0.05, 0) is 45.2 Å². The molecule has 0 bridgehead atoms. The van der Waals surface area contributed by atoms with Crippen LogP contribution in [0.3, 0.4) is 0 Å². The van der Waals surface area contributed by atoms with Crippen molar-refractivity contribution in [3.05, 3.63) is 29.7 Å². The Morgan fingerprint density at radius 2 is 2.23 bits per heavy atom. The van der Waals surface area contributed by atoms with Crippen molar-refractivity contribution in [1.29, 1.82) is 0 Å². The summed E-state index contributed by atoms with van der Waals surface area (Å²) in [5.74, 6) is 0. The first-order valence-electron chi connectivity index (χ1n) is 4.46. The SMILES string of the molecule is C=N/C=C\c1c(C)ccn1C(C)C. The molecule has 0 N–H and O–H groups in total. The quantitative estimate of drug-likeness (QED) is 0.630. The summed E-state index contributed by atoms with van der Waals surface area (Å²) in [5.41, 5.74) is 2.48. The molecule has 0 spiro atoms. The molecule has 1 rings (SSSR count). The Labute approximate surface area is 79.6 Å². The minimum Gasteiger partial charge on any atom is -0.345 e. The van der Waals surface area contributed by atoms with Gasteiger partial charge in [-0.2, -0.15) is 0 Å². The second-order valence-corrected chi connectivity index (χ2v) is 3.38. The topological polar surface area (TPSA) is 17.3 Å². The summed E-state index contributed by atoms with van der Waals surface area (Å²) < 4.78 is 2.22. The van der Waals surface area contributed by atoms with Crippen LogP contribution in [-0.4, -0.2) is 11.3 Å². The lowest BCUT2D eigenvalue weighted by Crippen LogP contribution is -2.01. The van der Waals surface area contributed by atoms with E-state index in [0.29, 0.717) is 6.04 Å². The van der Waals surface area contributed by atoms with E-state index in [4.69, 9.17) is 0 Å². The van der Waals surface area contributed by atoms with Crippen LogP contribution >= 0.6 is 0 Å². The molecule has 0 saturated carbocycles. The third-order valence-corrected chi connectivity index (χ3v) is 2.06. The van der Waals surface area contributed by atoms with Gasteiger partial charge in [-0.1, -0.05) is 0 Å². The van der Waals surface area contributed by atoms with Crippen LogP contribution < -0.4 is 0 Å². The van der Waals surface area contributed by atoms with E-state index in [9.17, 15) is 0 Å². The molecule has 1 heterocycles. The fraction of sp³-hybridized carbons (Fsp3) is 0.364. The molecule has 0 aliphatic carbocycles. The maximum absolute atomic E-state index is 3.71. The molecule has 1 aromatic rings. The first-order chi connectivity index (χ1) is 6.16. The average molecular weight is 176 g/mol. The van der Waals surface area contributed by atoms with Gasteiger partial charge in [-0.25, -0.2) is 0 Å². The third-order valence-electron chi connectivity index (χ3n) is 2.06. The van der Waals surface area contributed by atoms with Crippen molar-refractivity contribution >= 4 is 12.8 Å². The van der Waals surface area contributed by atoms with Crippen LogP contribution in [-0.2, 0) is 0 Å². The summed E-state index contributed by atoms with van der Waals surface area (Å²) >= 11 is 0. The van der Waals surface area contributed by atoms with Crippen molar-refractivity contribution in [2.75, 3.05) is 0 Å². The van der Waals surface area contributed by atoms with Crippen LogP contribution in [0, 0.1) is 6.92 Å². The van der Waals surface area contributed by atoms with Gasteiger partial charge in [0.25, 0.3) is 0 Å². The number of aliphatic imine (C=N–C) groups is 1. The normalized spacial score (nSPS) is 11.4. The molecule has 0 unspecified atom stereocenters. The van der Waals surface area contributed by atoms with Gasteiger partial charge >= 0.3 is 0 Å². The van der Waals surface area contributed by atoms with Gasteiger partial charge in [0, 0.05) is 24.1 Å². The Bertz CT molecular complexity index is 319. The van der Waals surface area contributed by atoms with E-state index in [0.717, 1.165) is 0 Å². The summed E-state index contributed by atoms with van der Waals surface area (Å²) in [7, 11) is 0. The van der Waals surface area contributed by atoms with Gasteiger partial charge in [0.05, 0.1) is 0 Å². The summed E-state index contributed by atoms with van der Waals surface area (Å²) in [6.07, 6.45) is 5.81. The number of hydrogen-bond acceptors (Lipinski definition) is 1. The van der Waals surface area contributed by atoms with E-state index in [-0.39, 0.29) is 0 Å². The summed E-state index contributed by atoms with van der Waals surface area (Å²) in [6, 6.07) is 2.60. The zero-order valence-corrected chi connectivity index (χ0v) is 8.49. The third kappa shape index (κ3) is 2.08. The molecule has 2 nitrogen and oxygen atoms in total. The molecule has 0 atom stereocenters. The van der Waals surface area contributed by atoms with Crippen LogP contribution in [0.4, 0.5) is 0 Å². The van der Waals surface area contributed by atoms with Gasteiger partial charge in [0.15, 0.2) is 0 Å². The van der Waals surface area contributed by atoms with Gasteiger partial charge in [-0.15, -0.1) is 0 Å². The molecule has 0 amide bonds. The Morgan fingerprint density at radius 1 is 1.54 bits per heavy atom. The van der Waals surface area contributed by atoms with E-state index in [2.05, 4.69) is 49.3 Å². The van der Waals surface area contributed by atoms with Crippen LogP contribution in [0.25, 0.3) is 6.08 Å². The predicted molar refractivity (Wildman–Crippen MR) is 58.1 cm³/mol. The predicted octanol–water partition coefficient (Wildman–Crippen LogP) is 3.05. The molecular weight excluding hydrogens is 160 g/mol. The number of hydrogen-bond donors (Lipinski definition) is 0. The lowest BCUT2D eigenvalue weighted by molar-refractivity contribution is 0.598. The molecule has 1 aromatic heterocycles. The molecule has 0 aromatic carbocycles. The van der Waals surface area contributed by atoms with Crippen LogP contribution in [0.2, 0.25) is 0 Å². The summed E-state index contributed by atoms with van der Waals surface area (Å²) in [5, 5.41) is 0. The Balaban J connectivity index is 3.08. The Kier molecular flexibility index (Phi) is 3.07. The zero-order chi connectivity index (χ0) is 9.84. The smallest absolute Gasteiger partial charge is 0.0454 e. The minimum atomic E-state index is 0.484. The molecule has 0 radical (unpaired) electrons. The van der Waals surface area contributed by atoms with E-state index in [1.54, 1.807) is 6.20 Å². The molecule has 0 aliphatic rings. The minimum absolute atomic E-state index is 0.484. The number of rotatable bonds is 3. The summed E-state index contributed by atoms with van der Waals surface area (Å²) in [6.45, 7) is 9.85. The van der Waals surface area contributed by atoms with E-state index < -0.39 is 0 Å². The average Bonchev–Trinajstić information content (AvgIpc) is 2.43. The molecule has 2 heteroatoms. The van der Waals surface area contributed by atoms with Crippen molar-refractivity contribution < 1.29 is 0 Å². The largest absolute Gasteiger partial charge is 0.345 e. The van der Waals surface area contributed by atoms with E-state index in [1.807, 2.05) is 6.08 Å². The first kappa shape index (κ1) is 9.78. The molecule has 0 fully saturated rings. The Morgan fingerprint density at radius 3 is 2.77 bits per heavy atom. The van der Waals surface area contributed by atoms with Crippen LogP contribution in [0.5, 0.6) is 0 Å². The van der Waals surface area contributed by atoms with Gasteiger partial charge in [-0.3, -0.25) is 4.99 Å². The molecule has 70 valence electrons. The van der Waals surface area contributed by atoms with Crippen LogP contribution in [0.1, 0.15) is 31.1 Å². The second kappa shape index (κ2) is 4.08. The first-order valence-corrected chi connectivity index (χ1v) is 4.46. The van der Waals surface area contributed by atoms with Crippen molar-refractivity contribution in [2.45, 2.75) is 26.8 Å². The highest BCUT2D eigenvalue weighted by molar-refractivity contribution is 5.51. The fourth-order valence-corrected chi connectivity index (χ4v) is 1.35. The molecule has 0 saturated heterocycles. The Hall–Kier alpha value is -1.31. The van der Waals surface area contributed by atoms with E-state index in [1.165, 1.54) is 11.3 Å². The fourth-order valence-electron chi connectivity index (χ4n) is 1.35. The maximum Gasteiger partial charge on any atom is 0.0454 e. The maximum atomic E-state index is 3.71. The highest BCUT2D eigenvalue weighted by Crippen LogP contribution is 2.17. The molecular formula is C11H16N2. The highest BCUT2D eigenvalue weighted by Gasteiger charge is 2.04. The zero-order valence-electron chi connectivity index (χ0n) is 8.49. The van der Waals surface area contributed by atoms with Crippen molar-refractivity contribution in [2.24, 2.45) is 4.99 Å². The highest BCUT2D eigenvalue weighted by atomic mass is 15.0. The molecule has 13 heavy (non-hydrogen) atoms. The molecule has 0 aliphatic heterocycles. The number of aromatic nitrogens is 1. The van der Waals surface area contributed by atoms with Gasteiger partial charge in [0.2, 0.25) is 0 Å². The summed E-state index contributed by atoms with van der Waals surface area (Å²) in [4.78, 5) is 3.71. The number of nitrogens with zero attached hydrogens (tertiary/aromatic N) is 2. The van der Waals surface area contributed by atoms with Gasteiger partial charge < -0.3 is 4.57 Å². The second-order valence-electron chi connectivity index (χ2n) is 3.38. The van der Waals surface area contributed by atoms with Crippen molar-refractivity contribution in [3.63, 3.8) is 0 Å². The number of aryl methyl sites for hydroxylation is 1. The lowest BCUT2D eigenvalue weighted by Gasteiger charge is -2.10. The van der Waals surface area contributed by atoms with Gasteiger partial charge in [0.1, 0.15) is 0 Å². The van der Waals surface area contributed by atoms with Crippen molar-refractivity contribution in [1.82, 2.24) is 4.57 Å². The standard InChI is InChI=1S/C11H16N2/c1-9(2)13-8-6-10(3)11(13)5-7-12-4/h5-9H,4H2,1-3H3/b7-5-. The lowest BCUT2D eigenvalue weighted by atomic mass is 10.2. The monoisotopic (exact) mass is 176 g/mol. The van der Waals surface area contributed by atoms with Crippen molar-refractivity contribution in [3.8, 4) is 0 Å².